The van der Waals surface area contributed by atoms with Crippen molar-refractivity contribution >= 4 is 41.4 Å². The third-order valence-electron chi connectivity index (χ3n) is 4.09. The molecule has 14 heteroatoms. The average molecular weight is 464 g/mol. The number of rotatable bonds is 15. The smallest absolute Gasteiger partial charge is 0.325 e. The van der Waals surface area contributed by atoms with Crippen LogP contribution in [-0.4, -0.2) is 89.2 Å². The van der Waals surface area contributed by atoms with Crippen LogP contribution >= 0.6 is 11.8 Å². The molecule has 0 rings (SSSR count). The van der Waals surface area contributed by atoms with Crippen LogP contribution in [-0.2, 0) is 19.2 Å². The minimum atomic E-state index is -1.34. The van der Waals surface area contributed by atoms with Crippen LogP contribution in [0.5, 0.6) is 0 Å². The van der Waals surface area contributed by atoms with Crippen LogP contribution in [0.25, 0.3) is 0 Å². The number of nitrogens with two attached hydrogens (primary N) is 3. The summed E-state index contributed by atoms with van der Waals surface area (Å²) in [5.41, 5.74) is 16.2. The Hall–Kier alpha value is -2.58. The Labute approximate surface area is 185 Å². The molecule has 0 aliphatic carbocycles. The summed E-state index contributed by atoms with van der Waals surface area (Å²) >= 11 is 1.43. The number of guanidine groups is 1. The Bertz CT molecular complexity index is 644. The van der Waals surface area contributed by atoms with E-state index in [2.05, 4.69) is 20.9 Å². The van der Waals surface area contributed by atoms with Gasteiger partial charge in [-0.1, -0.05) is 0 Å². The second-order valence-electron chi connectivity index (χ2n) is 6.71. The molecule has 0 aromatic carbocycles. The predicted octanol–water partition coefficient (Wildman–Crippen LogP) is -3.33. The SMILES string of the molecule is CSCCC(NC(=O)C(CO)NC(=O)C(N)CCCN=C(N)N)C(=O)NC(C)C(=O)O. The van der Waals surface area contributed by atoms with Crippen molar-refractivity contribution < 1.29 is 29.4 Å². The number of hydrogen-bond acceptors (Lipinski definition) is 8. The van der Waals surface area contributed by atoms with Crippen molar-refractivity contribution in [3.05, 3.63) is 0 Å². The van der Waals surface area contributed by atoms with E-state index in [1.807, 2.05) is 6.26 Å². The zero-order valence-corrected chi connectivity index (χ0v) is 18.5. The number of aliphatic hydroxyl groups is 1. The van der Waals surface area contributed by atoms with Crippen molar-refractivity contribution in [2.45, 2.75) is 50.4 Å². The lowest BCUT2D eigenvalue weighted by molar-refractivity contribution is -0.141. The summed E-state index contributed by atoms with van der Waals surface area (Å²) < 4.78 is 0. The topological polar surface area (TPSA) is 235 Å². The standard InChI is InChI=1S/C17H33N7O6S/c1-9(16(29)30)22-14(27)11(5-7-31-2)23-15(28)12(8-25)24-13(26)10(18)4-3-6-21-17(19)20/h9-12,25H,3-8,18H2,1-2H3,(H,22,27)(H,23,28)(H,24,26)(H,29,30)(H4,19,20,21). The van der Waals surface area contributed by atoms with Crippen LogP contribution in [0, 0.1) is 0 Å². The molecule has 11 N–H and O–H groups in total. The van der Waals surface area contributed by atoms with Gasteiger partial charge in [0.15, 0.2) is 5.96 Å². The quantitative estimate of drug-likeness (QED) is 0.0683. The number of aliphatic hydroxyl groups excluding tert-OH is 1. The van der Waals surface area contributed by atoms with Gasteiger partial charge < -0.3 is 43.4 Å². The molecule has 0 aliphatic rings. The third kappa shape index (κ3) is 12.0. The molecule has 0 fully saturated rings. The van der Waals surface area contributed by atoms with E-state index in [9.17, 15) is 24.3 Å². The maximum Gasteiger partial charge on any atom is 0.325 e. The Balaban J connectivity index is 4.91. The molecule has 4 atom stereocenters. The predicted molar refractivity (Wildman–Crippen MR) is 117 cm³/mol. The number of nitrogens with zero attached hydrogens (tertiary/aromatic N) is 1. The molecule has 178 valence electrons. The molecule has 13 nitrogen and oxygen atoms in total. The fraction of sp³-hybridized carbons (Fsp3) is 0.706. The summed E-state index contributed by atoms with van der Waals surface area (Å²) in [6.45, 7) is 0.855. The van der Waals surface area contributed by atoms with Crippen LogP contribution in [0.4, 0.5) is 0 Å². The molecule has 4 unspecified atom stereocenters. The molecule has 0 aromatic heterocycles. The van der Waals surface area contributed by atoms with Gasteiger partial charge in [0.1, 0.15) is 18.1 Å². The van der Waals surface area contributed by atoms with Crippen molar-refractivity contribution in [3.63, 3.8) is 0 Å². The summed E-state index contributed by atoms with van der Waals surface area (Å²) in [6, 6.07) is -4.48. The average Bonchev–Trinajstić information content (AvgIpc) is 2.71. The fourth-order valence-corrected chi connectivity index (χ4v) is 2.75. The lowest BCUT2D eigenvalue weighted by atomic mass is 10.1. The molecule has 3 amide bonds. The number of aliphatic imine (C=N–C) groups is 1. The van der Waals surface area contributed by atoms with Gasteiger partial charge in [-0.05, 0) is 38.2 Å². The first-order valence-electron chi connectivity index (χ1n) is 9.58. The molecule has 31 heavy (non-hydrogen) atoms. The molecular formula is C17H33N7O6S. The number of aliphatic carboxylic acids is 1. The van der Waals surface area contributed by atoms with Gasteiger partial charge in [0.05, 0.1) is 12.6 Å². The lowest BCUT2D eigenvalue weighted by Gasteiger charge is -2.23. The lowest BCUT2D eigenvalue weighted by Crippen LogP contribution is -2.58. The Kier molecular flexibility index (Phi) is 14.0. The van der Waals surface area contributed by atoms with Gasteiger partial charge in [-0.2, -0.15) is 11.8 Å². The van der Waals surface area contributed by atoms with E-state index in [0.717, 1.165) is 0 Å². The number of hydrogen-bond donors (Lipinski definition) is 8. The second kappa shape index (κ2) is 15.3. The van der Waals surface area contributed by atoms with E-state index in [-0.39, 0.29) is 25.3 Å². The number of carbonyl (C=O) groups excluding carboxylic acids is 3. The molecule has 0 aromatic rings. The highest BCUT2D eigenvalue weighted by Crippen LogP contribution is 2.03. The highest BCUT2D eigenvalue weighted by molar-refractivity contribution is 7.98. The van der Waals surface area contributed by atoms with Gasteiger partial charge in [-0.25, -0.2) is 0 Å². The van der Waals surface area contributed by atoms with E-state index in [1.54, 1.807) is 0 Å². The molecule has 0 heterocycles. The first-order chi connectivity index (χ1) is 14.5. The highest BCUT2D eigenvalue weighted by Gasteiger charge is 2.28. The van der Waals surface area contributed by atoms with E-state index < -0.39 is 54.5 Å². The summed E-state index contributed by atoms with van der Waals surface area (Å²) in [7, 11) is 0. The minimum Gasteiger partial charge on any atom is -0.480 e. The van der Waals surface area contributed by atoms with Crippen LogP contribution < -0.4 is 33.2 Å². The number of carboxylic acid groups (broad SMARTS) is 1. The van der Waals surface area contributed by atoms with E-state index in [4.69, 9.17) is 22.3 Å². The van der Waals surface area contributed by atoms with Crippen molar-refractivity contribution in [1.29, 1.82) is 0 Å². The van der Waals surface area contributed by atoms with Crippen LogP contribution in [0.15, 0.2) is 4.99 Å². The van der Waals surface area contributed by atoms with Gasteiger partial charge in [0, 0.05) is 6.54 Å². The summed E-state index contributed by atoms with van der Waals surface area (Å²) in [5, 5.41) is 25.5. The fourth-order valence-electron chi connectivity index (χ4n) is 2.28. The van der Waals surface area contributed by atoms with Crippen molar-refractivity contribution in [2.24, 2.45) is 22.2 Å². The summed E-state index contributed by atoms with van der Waals surface area (Å²) in [6.07, 6.45) is 2.71. The van der Waals surface area contributed by atoms with Crippen LogP contribution in [0.2, 0.25) is 0 Å². The summed E-state index contributed by atoms with van der Waals surface area (Å²) in [5.74, 6) is -2.94. The van der Waals surface area contributed by atoms with E-state index in [1.165, 1.54) is 18.7 Å². The van der Waals surface area contributed by atoms with Crippen LogP contribution in [0.3, 0.4) is 0 Å². The number of amides is 3. The van der Waals surface area contributed by atoms with Gasteiger partial charge in [0.2, 0.25) is 17.7 Å². The van der Waals surface area contributed by atoms with Gasteiger partial charge in [0.25, 0.3) is 0 Å². The zero-order valence-electron chi connectivity index (χ0n) is 17.7. The third-order valence-corrected chi connectivity index (χ3v) is 4.74. The van der Waals surface area contributed by atoms with Crippen LogP contribution in [0.1, 0.15) is 26.2 Å². The first-order valence-corrected chi connectivity index (χ1v) is 11.0. The van der Waals surface area contributed by atoms with Crippen molar-refractivity contribution in [3.8, 4) is 0 Å². The van der Waals surface area contributed by atoms with Gasteiger partial charge >= 0.3 is 5.97 Å². The summed E-state index contributed by atoms with van der Waals surface area (Å²) in [4.78, 5) is 51.7. The molecule has 0 spiro atoms. The van der Waals surface area contributed by atoms with Gasteiger partial charge in [-0.3, -0.25) is 24.2 Å². The molecule has 0 aliphatic heterocycles. The zero-order chi connectivity index (χ0) is 24.0. The first kappa shape index (κ1) is 28.4. The Morgan fingerprint density at radius 3 is 2.10 bits per heavy atom. The Morgan fingerprint density at radius 1 is 1.00 bits per heavy atom. The number of carboxylic acids is 1. The monoisotopic (exact) mass is 463 g/mol. The van der Waals surface area contributed by atoms with Crippen molar-refractivity contribution in [2.75, 3.05) is 25.2 Å². The number of nitrogens with one attached hydrogen (secondary N) is 3. The molecule has 0 saturated carbocycles. The minimum absolute atomic E-state index is 0.0761. The number of carbonyl (C=O) groups is 4. The largest absolute Gasteiger partial charge is 0.480 e. The second-order valence-corrected chi connectivity index (χ2v) is 7.70. The van der Waals surface area contributed by atoms with Crippen molar-refractivity contribution in [1.82, 2.24) is 16.0 Å². The molecular weight excluding hydrogens is 430 g/mol. The highest BCUT2D eigenvalue weighted by atomic mass is 32.2. The van der Waals surface area contributed by atoms with E-state index in [0.29, 0.717) is 12.2 Å². The molecule has 0 radical (unpaired) electrons. The maximum absolute atomic E-state index is 12.5. The van der Waals surface area contributed by atoms with Gasteiger partial charge in [-0.15, -0.1) is 0 Å². The van der Waals surface area contributed by atoms with E-state index >= 15 is 0 Å². The molecule has 0 bridgehead atoms. The normalized spacial score (nSPS) is 14.5. The molecule has 0 saturated heterocycles. The maximum atomic E-state index is 12.5. The Morgan fingerprint density at radius 2 is 1.58 bits per heavy atom. The number of thioether (sulfide) groups is 1.